The highest BCUT2D eigenvalue weighted by Crippen LogP contribution is 2.10. The van der Waals surface area contributed by atoms with Gasteiger partial charge in [-0.05, 0) is 35.2 Å². The van der Waals surface area contributed by atoms with Crippen LogP contribution in [0.15, 0.2) is 84.9 Å². The highest BCUT2D eigenvalue weighted by molar-refractivity contribution is 5.80. The van der Waals surface area contributed by atoms with E-state index in [0.717, 1.165) is 16.7 Å². The van der Waals surface area contributed by atoms with Crippen LogP contribution in [0.1, 0.15) is 16.7 Å². The number of rotatable bonds is 9. The molecule has 0 heterocycles. The van der Waals surface area contributed by atoms with Crippen LogP contribution in [0.4, 0.5) is 4.79 Å². The van der Waals surface area contributed by atoms with Crippen LogP contribution in [0.5, 0.6) is 5.75 Å². The predicted octanol–water partition coefficient (Wildman–Crippen LogP) is 2.36. The van der Waals surface area contributed by atoms with E-state index in [2.05, 4.69) is 5.32 Å². The van der Waals surface area contributed by atoms with Crippen molar-refractivity contribution in [3.63, 3.8) is 0 Å². The standard InChI is InChI=1S/C17H17NO4.C9H12N2O2/c19-16(20)15(11-13-7-3-1-4-8-13)18-17(21)22-12-14-9-5-2-6-10-14;10-8(9(11)13)5-6-1-3-7(12)4-2-6/h1-10,15H,11-12H2,(H,18,21)(H,19,20);1-4,8,12H,5,10H2,(H2,11,13)/t15-;8-/m00/s1. The molecule has 0 unspecified atom stereocenters. The van der Waals surface area contributed by atoms with E-state index in [1.54, 1.807) is 24.3 Å². The Morgan fingerprint density at radius 1 is 0.800 bits per heavy atom. The lowest BCUT2D eigenvalue weighted by molar-refractivity contribution is -0.139. The number of aromatic hydroxyl groups is 1. The third-order valence-corrected chi connectivity index (χ3v) is 4.84. The van der Waals surface area contributed by atoms with Crippen molar-refractivity contribution >= 4 is 18.0 Å². The van der Waals surface area contributed by atoms with E-state index < -0.39 is 30.1 Å². The Morgan fingerprint density at radius 3 is 1.83 bits per heavy atom. The molecule has 3 aromatic rings. The summed E-state index contributed by atoms with van der Waals surface area (Å²) in [5.41, 5.74) is 13.0. The zero-order chi connectivity index (χ0) is 25.6. The zero-order valence-corrected chi connectivity index (χ0v) is 19.0. The number of aliphatic carboxylic acids is 1. The lowest BCUT2D eigenvalue weighted by atomic mass is 10.1. The summed E-state index contributed by atoms with van der Waals surface area (Å²) in [6.45, 7) is 0.102. The average molecular weight is 480 g/mol. The summed E-state index contributed by atoms with van der Waals surface area (Å²) in [6.07, 6.45) is -0.140. The second-order valence-electron chi connectivity index (χ2n) is 7.67. The van der Waals surface area contributed by atoms with Gasteiger partial charge in [0, 0.05) is 6.42 Å². The van der Waals surface area contributed by atoms with Gasteiger partial charge in [-0.15, -0.1) is 0 Å². The monoisotopic (exact) mass is 479 g/mol. The predicted molar refractivity (Wildman–Crippen MR) is 130 cm³/mol. The number of benzene rings is 3. The maximum Gasteiger partial charge on any atom is 0.408 e. The first-order chi connectivity index (χ1) is 16.7. The molecule has 9 nitrogen and oxygen atoms in total. The zero-order valence-electron chi connectivity index (χ0n) is 19.0. The van der Waals surface area contributed by atoms with E-state index in [1.165, 1.54) is 0 Å². The van der Waals surface area contributed by atoms with Crippen molar-refractivity contribution in [1.29, 1.82) is 0 Å². The molecule has 9 heteroatoms. The van der Waals surface area contributed by atoms with Gasteiger partial charge in [0.05, 0.1) is 6.04 Å². The summed E-state index contributed by atoms with van der Waals surface area (Å²) in [5, 5.41) is 20.6. The molecule has 3 aromatic carbocycles. The van der Waals surface area contributed by atoms with Crippen LogP contribution in [0.2, 0.25) is 0 Å². The molecule has 0 aliphatic carbocycles. The number of primary amides is 1. The number of alkyl carbamates (subject to hydrolysis) is 1. The number of nitrogens with two attached hydrogens (primary N) is 2. The van der Waals surface area contributed by atoms with Gasteiger partial charge in [0.1, 0.15) is 18.4 Å². The van der Waals surface area contributed by atoms with Crippen LogP contribution in [-0.4, -0.2) is 40.3 Å². The van der Waals surface area contributed by atoms with Crippen LogP contribution >= 0.6 is 0 Å². The number of carboxylic acids is 1. The first-order valence-corrected chi connectivity index (χ1v) is 10.8. The molecule has 2 amide bonds. The topological polar surface area (TPSA) is 165 Å². The first-order valence-electron chi connectivity index (χ1n) is 10.8. The van der Waals surface area contributed by atoms with Gasteiger partial charge in [0.15, 0.2) is 0 Å². The maximum absolute atomic E-state index is 11.7. The molecule has 35 heavy (non-hydrogen) atoms. The second-order valence-corrected chi connectivity index (χ2v) is 7.67. The Bertz CT molecular complexity index is 1080. The molecule has 2 atom stereocenters. The number of carbonyl (C=O) groups excluding carboxylic acids is 2. The van der Waals surface area contributed by atoms with E-state index in [0.29, 0.717) is 6.42 Å². The highest BCUT2D eigenvalue weighted by atomic mass is 16.5. The van der Waals surface area contributed by atoms with Crippen LogP contribution in [0, 0.1) is 0 Å². The largest absolute Gasteiger partial charge is 0.508 e. The second kappa shape index (κ2) is 14.0. The fourth-order valence-electron chi connectivity index (χ4n) is 2.94. The Labute approximate surface area is 203 Å². The molecule has 7 N–H and O–H groups in total. The Balaban J connectivity index is 0.000000283. The van der Waals surface area contributed by atoms with Crippen molar-refractivity contribution in [3.05, 3.63) is 102 Å². The summed E-state index contributed by atoms with van der Waals surface area (Å²) in [6, 6.07) is 23.1. The van der Waals surface area contributed by atoms with Crippen molar-refractivity contribution in [2.75, 3.05) is 0 Å². The summed E-state index contributed by atoms with van der Waals surface area (Å²) < 4.78 is 5.03. The number of carbonyl (C=O) groups is 3. The SMILES string of the molecule is NC(=O)[C@@H](N)Cc1ccc(O)cc1.O=C(N[C@@H](Cc1ccccc1)C(=O)O)OCc1ccccc1. The molecule has 0 saturated carbocycles. The minimum atomic E-state index is -1.10. The molecule has 0 aliphatic heterocycles. The highest BCUT2D eigenvalue weighted by Gasteiger charge is 2.21. The number of hydrogen-bond acceptors (Lipinski definition) is 6. The molecule has 0 saturated heterocycles. The van der Waals surface area contributed by atoms with Crippen molar-refractivity contribution in [3.8, 4) is 5.75 Å². The van der Waals surface area contributed by atoms with Crippen LogP contribution in [-0.2, 0) is 33.8 Å². The van der Waals surface area contributed by atoms with Crippen molar-refractivity contribution < 1.29 is 29.3 Å². The van der Waals surface area contributed by atoms with Gasteiger partial charge < -0.3 is 31.7 Å². The number of hydrogen-bond donors (Lipinski definition) is 5. The molecular formula is C26H29N3O6. The Morgan fingerprint density at radius 2 is 1.31 bits per heavy atom. The maximum atomic E-state index is 11.7. The van der Waals surface area contributed by atoms with Gasteiger partial charge in [0.2, 0.25) is 5.91 Å². The smallest absolute Gasteiger partial charge is 0.408 e. The number of phenols is 1. The molecule has 3 rings (SSSR count). The fourth-order valence-corrected chi connectivity index (χ4v) is 2.94. The number of amides is 2. The minimum absolute atomic E-state index is 0.102. The molecule has 184 valence electrons. The van der Waals surface area contributed by atoms with Gasteiger partial charge in [0.25, 0.3) is 0 Å². The molecule has 0 aromatic heterocycles. The van der Waals surface area contributed by atoms with Crippen LogP contribution in [0.3, 0.4) is 0 Å². The first kappa shape index (κ1) is 26.9. The van der Waals surface area contributed by atoms with E-state index in [9.17, 15) is 19.5 Å². The minimum Gasteiger partial charge on any atom is -0.508 e. The molecule has 0 spiro atoms. The lowest BCUT2D eigenvalue weighted by Crippen LogP contribution is -2.42. The van der Waals surface area contributed by atoms with Gasteiger partial charge in [-0.25, -0.2) is 9.59 Å². The third kappa shape index (κ3) is 10.4. The summed E-state index contributed by atoms with van der Waals surface area (Å²) >= 11 is 0. The van der Waals surface area contributed by atoms with Gasteiger partial charge >= 0.3 is 12.1 Å². The number of nitrogens with one attached hydrogen (secondary N) is 1. The summed E-state index contributed by atoms with van der Waals surface area (Å²) in [5.74, 6) is -1.43. The number of ether oxygens (including phenoxy) is 1. The molecule has 0 aliphatic rings. The van der Waals surface area contributed by atoms with Crippen molar-refractivity contribution in [1.82, 2.24) is 5.32 Å². The van der Waals surface area contributed by atoms with Crippen molar-refractivity contribution in [2.24, 2.45) is 11.5 Å². The molecule has 0 fully saturated rings. The molecular weight excluding hydrogens is 450 g/mol. The third-order valence-electron chi connectivity index (χ3n) is 4.84. The Kier molecular flexibility index (Phi) is 10.8. The van der Waals surface area contributed by atoms with Crippen LogP contribution in [0.25, 0.3) is 0 Å². The number of carboxylic acid groups (broad SMARTS) is 1. The lowest BCUT2D eigenvalue weighted by Gasteiger charge is -2.14. The Hall–Kier alpha value is -4.37. The van der Waals surface area contributed by atoms with E-state index in [4.69, 9.17) is 21.3 Å². The van der Waals surface area contributed by atoms with Gasteiger partial charge in [-0.3, -0.25) is 4.79 Å². The molecule has 0 radical (unpaired) electrons. The quantitative estimate of drug-likeness (QED) is 0.314. The summed E-state index contributed by atoms with van der Waals surface area (Å²) in [7, 11) is 0. The van der Waals surface area contributed by atoms with E-state index in [1.807, 2.05) is 60.7 Å². The van der Waals surface area contributed by atoms with Gasteiger partial charge in [-0.2, -0.15) is 0 Å². The van der Waals surface area contributed by atoms with E-state index >= 15 is 0 Å². The van der Waals surface area contributed by atoms with Crippen molar-refractivity contribution in [2.45, 2.75) is 31.5 Å². The number of phenolic OH excluding ortho intramolecular Hbond substituents is 1. The van der Waals surface area contributed by atoms with Crippen LogP contribution < -0.4 is 16.8 Å². The normalized spacial score (nSPS) is 11.8. The van der Waals surface area contributed by atoms with E-state index in [-0.39, 0.29) is 18.8 Å². The molecule has 0 bridgehead atoms. The summed E-state index contributed by atoms with van der Waals surface area (Å²) in [4.78, 5) is 33.6. The average Bonchev–Trinajstić information content (AvgIpc) is 2.85. The fraction of sp³-hybridized carbons (Fsp3) is 0.192. The van der Waals surface area contributed by atoms with Gasteiger partial charge in [-0.1, -0.05) is 72.8 Å².